The lowest BCUT2D eigenvalue weighted by atomic mass is 10.2. The van der Waals surface area contributed by atoms with Gasteiger partial charge in [-0.15, -0.1) is 0 Å². The first kappa shape index (κ1) is 22.0. The van der Waals surface area contributed by atoms with E-state index >= 15 is 0 Å². The molecule has 8 nitrogen and oxygen atoms in total. The van der Waals surface area contributed by atoms with Gasteiger partial charge in [-0.05, 0) is 18.2 Å². The summed E-state index contributed by atoms with van der Waals surface area (Å²) in [6.45, 7) is -0.517. The Hall–Kier alpha value is -2.33. The summed E-state index contributed by atoms with van der Waals surface area (Å²) in [7, 11) is -1.11. The Morgan fingerprint density at radius 2 is 1.86 bits per heavy atom. The molecule has 0 atom stereocenters. The van der Waals surface area contributed by atoms with Crippen molar-refractivity contribution in [3.63, 3.8) is 0 Å². The highest BCUT2D eigenvalue weighted by Gasteiger charge is 2.18. The lowest BCUT2D eigenvalue weighted by Gasteiger charge is -2.10. The summed E-state index contributed by atoms with van der Waals surface area (Å²) in [5.41, 5.74) is 2.70. The molecule has 0 saturated carbocycles. The molecule has 1 amide bonds. The van der Waals surface area contributed by atoms with Crippen molar-refractivity contribution in [2.45, 2.75) is 4.90 Å². The van der Waals surface area contributed by atoms with Gasteiger partial charge >= 0.3 is 0 Å². The number of carbonyl (C=O) groups is 1. The van der Waals surface area contributed by atoms with E-state index in [9.17, 15) is 13.2 Å². The van der Waals surface area contributed by atoms with Gasteiger partial charge < -0.3 is 9.47 Å². The molecule has 11 heteroatoms. The number of halogens is 2. The highest BCUT2D eigenvalue weighted by Crippen LogP contribution is 2.29. The van der Waals surface area contributed by atoms with Gasteiger partial charge in [-0.25, -0.2) is 18.6 Å². The average Bonchev–Trinajstić information content (AvgIpc) is 2.69. The van der Waals surface area contributed by atoms with Gasteiger partial charge in [-0.1, -0.05) is 35.3 Å². The van der Waals surface area contributed by atoms with E-state index in [0.717, 1.165) is 0 Å². The topological polar surface area (TPSA) is 106 Å². The summed E-state index contributed by atoms with van der Waals surface area (Å²) in [4.78, 5) is 11.8. The number of nitrogens with zero attached hydrogens (tertiary/aromatic N) is 1. The minimum absolute atomic E-state index is 0.0767. The molecule has 0 aromatic heterocycles. The van der Waals surface area contributed by atoms with Crippen molar-refractivity contribution in [3.8, 4) is 11.5 Å². The lowest BCUT2D eigenvalue weighted by Crippen LogP contribution is -2.34. The number of hydrogen-bond acceptors (Lipinski definition) is 6. The Kier molecular flexibility index (Phi) is 7.64. The van der Waals surface area contributed by atoms with Crippen LogP contribution in [0.25, 0.3) is 0 Å². The first-order valence-corrected chi connectivity index (χ1v) is 10.00. The van der Waals surface area contributed by atoms with E-state index in [1.807, 2.05) is 0 Å². The van der Waals surface area contributed by atoms with Crippen LogP contribution in [0.2, 0.25) is 10.0 Å². The highest BCUT2D eigenvalue weighted by molar-refractivity contribution is 7.89. The van der Waals surface area contributed by atoms with Crippen LogP contribution < -0.4 is 19.6 Å². The average molecular weight is 446 g/mol. The Bertz CT molecular complexity index is 996. The molecule has 0 aliphatic rings. The Morgan fingerprint density at radius 3 is 2.54 bits per heavy atom. The standard InChI is InChI=1S/C17H17Cl2N3O5S/c1-26-14-7-6-12(8-15(14)27-2)28(24,25)21-10-16(23)22-20-9-11-4-3-5-13(18)17(11)19/h3-9,21H,10H2,1-2H3,(H,22,23)/b20-9-. The summed E-state index contributed by atoms with van der Waals surface area (Å²) in [5, 5.41) is 4.36. The van der Waals surface area contributed by atoms with E-state index in [1.165, 1.54) is 38.6 Å². The summed E-state index contributed by atoms with van der Waals surface area (Å²) >= 11 is 11.9. The molecule has 0 spiro atoms. The van der Waals surface area contributed by atoms with Crippen LogP contribution in [-0.2, 0) is 14.8 Å². The summed E-state index contributed by atoms with van der Waals surface area (Å²) in [6.07, 6.45) is 1.30. The van der Waals surface area contributed by atoms with E-state index in [1.54, 1.807) is 18.2 Å². The van der Waals surface area contributed by atoms with Crippen molar-refractivity contribution in [2.75, 3.05) is 20.8 Å². The van der Waals surface area contributed by atoms with Gasteiger partial charge in [-0.3, -0.25) is 4.79 Å². The molecule has 2 N–H and O–H groups in total. The van der Waals surface area contributed by atoms with Crippen molar-refractivity contribution in [2.24, 2.45) is 5.10 Å². The third kappa shape index (κ3) is 5.59. The molecule has 0 heterocycles. The number of ether oxygens (including phenoxy) is 2. The van der Waals surface area contributed by atoms with Crippen molar-refractivity contribution >= 4 is 45.3 Å². The van der Waals surface area contributed by atoms with Crippen molar-refractivity contribution in [1.29, 1.82) is 0 Å². The van der Waals surface area contributed by atoms with Gasteiger partial charge in [0.1, 0.15) is 0 Å². The molecule has 0 bridgehead atoms. The third-order valence-electron chi connectivity index (χ3n) is 3.46. The molecular weight excluding hydrogens is 429 g/mol. The van der Waals surface area contributed by atoms with Crippen LogP contribution >= 0.6 is 23.2 Å². The minimum Gasteiger partial charge on any atom is -0.493 e. The fourth-order valence-corrected chi connectivity index (χ4v) is 3.41. The highest BCUT2D eigenvalue weighted by atomic mass is 35.5. The third-order valence-corrected chi connectivity index (χ3v) is 5.69. The van der Waals surface area contributed by atoms with Crippen LogP contribution in [0.4, 0.5) is 0 Å². The van der Waals surface area contributed by atoms with Gasteiger partial charge in [0.25, 0.3) is 5.91 Å². The van der Waals surface area contributed by atoms with Crippen molar-refractivity contribution < 1.29 is 22.7 Å². The number of benzene rings is 2. The van der Waals surface area contributed by atoms with Crippen LogP contribution in [0.5, 0.6) is 11.5 Å². The second-order valence-electron chi connectivity index (χ2n) is 5.28. The molecule has 0 aliphatic carbocycles. The van der Waals surface area contributed by atoms with Gasteiger partial charge in [-0.2, -0.15) is 5.10 Å². The van der Waals surface area contributed by atoms with Gasteiger partial charge in [0, 0.05) is 11.6 Å². The van der Waals surface area contributed by atoms with Gasteiger partial charge in [0.2, 0.25) is 10.0 Å². The molecule has 0 aliphatic heterocycles. The van der Waals surface area contributed by atoms with Gasteiger partial charge in [0.15, 0.2) is 11.5 Å². The summed E-state index contributed by atoms with van der Waals surface area (Å²) in [5.74, 6) is -0.0375. The molecule has 2 rings (SSSR count). The van der Waals surface area contributed by atoms with E-state index in [0.29, 0.717) is 16.3 Å². The maximum absolute atomic E-state index is 12.3. The maximum Gasteiger partial charge on any atom is 0.255 e. The lowest BCUT2D eigenvalue weighted by molar-refractivity contribution is -0.119. The zero-order valence-corrected chi connectivity index (χ0v) is 17.2. The number of rotatable bonds is 8. The molecular formula is C17H17Cl2N3O5S. The molecule has 28 heavy (non-hydrogen) atoms. The van der Waals surface area contributed by atoms with E-state index in [4.69, 9.17) is 32.7 Å². The normalized spacial score (nSPS) is 11.4. The van der Waals surface area contributed by atoms with Crippen LogP contribution in [0.15, 0.2) is 46.4 Å². The molecule has 2 aromatic rings. The number of amides is 1. The van der Waals surface area contributed by atoms with Crippen LogP contribution in [-0.4, -0.2) is 41.3 Å². The van der Waals surface area contributed by atoms with Crippen LogP contribution in [0.1, 0.15) is 5.56 Å². The molecule has 0 fully saturated rings. The molecule has 0 saturated heterocycles. The zero-order valence-electron chi connectivity index (χ0n) is 14.9. The first-order valence-electron chi connectivity index (χ1n) is 7.76. The number of hydrazone groups is 1. The fraction of sp³-hybridized carbons (Fsp3) is 0.176. The Balaban J connectivity index is 1.98. The fourth-order valence-electron chi connectivity index (χ4n) is 2.06. The zero-order chi connectivity index (χ0) is 20.7. The predicted octanol–water partition coefficient (Wildman–Crippen LogP) is 2.44. The van der Waals surface area contributed by atoms with E-state index in [-0.39, 0.29) is 15.7 Å². The quantitative estimate of drug-likeness (QED) is 0.479. The predicted molar refractivity (Wildman–Crippen MR) is 107 cm³/mol. The number of sulfonamides is 1. The van der Waals surface area contributed by atoms with Crippen molar-refractivity contribution in [1.82, 2.24) is 10.1 Å². The molecule has 150 valence electrons. The minimum atomic E-state index is -3.94. The van der Waals surface area contributed by atoms with Crippen LogP contribution in [0.3, 0.4) is 0 Å². The molecule has 2 aromatic carbocycles. The monoisotopic (exact) mass is 445 g/mol. The number of hydrogen-bond donors (Lipinski definition) is 2. The van der Waals surface area contributed by atoms with Crippen molar-refractivity contribution in [3.05, 3.63) is 52.0 Å². The summed E-state index contributed by atoms with van der Waals surface area (Å²) < 4.78 is 37.0. The number of methoxy groups -OCH3 is 2. The van der Waals surface area contributed by atoms with E-state index in [2.05, 4.69) is 15.2 Å². The molecule has 0 radical (unpaired) electrons. The largest absolute Gasteiger partial charge is 0.493 e. The van der Waals surface area contributed by atoms with E-state index < -0.39 is 22.5 Å². The number of carbonyl (C=O) groups excluding carboxylic acids is 1. The Labute approximate surface area is 172 Å². The smallest absolute Gasteiger partial charge is 0.255 e. The molecule has 0 unspecified atom stereocenters. The van der Waals surface area contributed by atoms with Crippen LogP contribution in [0, 0.1) is 0 Å². The number of nitrogens with one attached hydrogen (secondary N) is 2. The SMILES string of the molecule is COc1ccc(S(=O)(=O)NCC(=O)N/N=C\c2cccc(Cl)c2Cl)cc1OC. The van der Waals surface area contributed by atoms with Gasteiger partial charge in [0.05, 0.1) is 41.9 Å². The first-order chi connectivity index (χ1) is 13.3. The Morgan fingerprint density at radius 1 is 1.14 bits per heavy atom. The maximum atomic E-state index is 12.3. The second kappa shape index (κ2) is 9.74. The second-order valence-corrected chi connectivity index (χ2v) is 7.83. The summed E-state index contributed by atoms with van der Waals surface area (Å²) in [6, 6.07) is 9.02.